The number of benzene rings is 1. The van der Waals surface area contributed by atoms with Crippen molar-refractivity contribution < 1.29 is 9.59 Å². The van der Waals surface area contributed by atoms with Gasteiger partial charge >= 0.3 is 6.03 Å². The Balaban J connectivity index is 1.64. The van der Waals surface area contributed by atoms with Crippen molar-refractivity contribution in [2.45, 2.75) is 26.3 Å². The van der Waals surface area contributed by atoms with Gasteiger partial charge in [0.2, 0.25) is 5.91 Å². The van der Waals surface area contributed by atoms with E-state index in [1.54, 1.807) is 36.7 Å². The fourth-order valence-electron chi connectivity index (χ4n) is 2.49. The molecule has 0 atom stereocenters. The molecular formula is C20H21N5O2S. The molecule has 1 aromatic carbocycles. The Morgan fingerprint density at radius 1 is 1.07 bits per heavy atom. The molecule has 7 nitrogen and oxygen atoms in total. The number of hydrogen-bond donors (Lipinski definition) is 3. The highest BCUT2D eigenvalue weighted by Gasteiger charge is 2.12. The average molecular weight is 395 g/mol. The Labute approximate surface area is 167 Å². The number of nitrogens with zero attached hydrogens (tertiary/aromatic N) is 2. The standard InChI is InChI=1S/C20H21N5O2S/c1-13(2)22-20(27)25-17-8-4-3-7-16(17)24-18(26)10-15-12-28-19(23-15)14-6-5-9-21-11-14/h3-9,11-13H,10H2,1-2H3,(H,24,26)(H2,22,25,27). The van der Waals surface area contributed by atoms with Crippen LogP contribution in [0.15, 0.2) is 54.2 Å². The minimum Gasteiger partial charge on any atom is -0.336 e. The maximum atomic E-state index is 12.5. The summed E-state index contributed by atoms with van der Waals surface area (Å²) >= 11 is 1.47. The highest BCUT2D eigenvalue weighted by atomic mass is 32.1. The molecule has 0 radical (unpaired) electrons. The fraction of sp³-hybridized carbons (Fsp3) is 0.200. The van der Waals surface area contributed by atoms with Crippen molar-refractivity contribution in [3.05, 3.63) is 59.9 Å². The van der Waals surface area contributed by atoms with E-state index in [0.717, 1.165) is 10.6 Å². The molecule has 8 heteroatoms. The molecule has 3 amide bonds. The normalized spacial score (nSPS) is 10.5. The van der Waals surface area contributed by atoms with Gasteiger partial charge in [0.05, 0.1) is 23.5 Å². The van der Waals surface area contributed by atoms with E-state index in [1.807, 2.05) is 31.4 Å². The van der Waals surface area contributed by atoms with Crippen LogP contribution in [0, 0.1) is 0 Å². The van der Waals surface area contributed by atoms with E-state index in [9.17, 15) is 9.59 Å². The highest BCUT2D eigenvalue weighted by Crippen LogP contribution is 2.24. The average Bonchev–Trinajstić information content (AvgIpc) is 3.12. The van der Waals surface area contributed by atoms with Gasteiger partial charge < -0.3 is 16.0 Å². The van der Waals surface area contributed by atoms with E-state index < -0.39 is 0 Å². The van der Waals surface area contributed by atoms with Crippen molar-refractivity contribution >= 4 is 34.6 Å². The van der Waals surface area contributed by atoms with Crippen molar-refractivity contribution in [2.24, 2.45) is 0 Å². The quantitative estimate of drug-likeness (QED) is 0.589. The fourth-order valence-corrected chi connectivity index (χ4v) is 3.30. The second-order valence-electron chi connectivity index (χ2n) is 6.41. The highest BCUT2D eigenvalue weighted by molar-refractivity contribution is 7.13. The summed E-state index contributed by atoms with van der Waals surface area (Å²) in [6, 6.07) is 10.5. The van der Waals surface area contributed by atoms with Gasteiger partial charge in [-0.3, -0.25) is 9.78 Å². The third kappa shape index (κ3) is 5.37. The Morgan fingerprint density at radius 3 is 2.50 bits per heavy atom. The maximum absolute atomic E-state index is 12.5. The molecule has 3 N–H and O–H groups in total. The number of amides is 3. The summed E-state index contributed by atoms with van der Waals surface area (Å²) in [4.78, 5) is 33.0. The van der Waals surface area contributed by atoms with Crippen molar-refractivity contribution in [3.63, 3.8) is 0 Å². The molecular weight excluding hydrogens is 374 g/mol. The van der Waals surface area contributed by atoms with Gasteiger partial charge in [0.15, 0.2) is 0 Å². The first-order chi connectivity index (χ1) is 13.5. The molecule has 0 saturated heterocycles. The number of para-hydroxylation sites is 2. The lowest BCUT2D eigenvalue weighted by atomic mass is 10.2. The minimum absolute atomic E-state index is 0.0143. The Hall–Kier alpha value is -3.26. The predicted molar refractivity (Wildman–Crippen MR) is 111 cm³/mol. The van der Waals surface area contributed by atoms with Gasteiger partial charge in [-0.15, -0.1) is 11.3 Å². The lowest BCUT2D eigenvalue weighted by Gasteiger charge is -2.14. The van der Waals surface area contributed by atoms with Gasteiger partial charge in [0, 0.05) is 29.4 Å². The minimum atomic E-state index is -0.322. The smallest absolute Gasteiger partial charge is 0.319 e. The summed E-state index contributed by atoms with van der Waals surface area (Å²) < 4.78 is 0. The molecule has 0 bridgehead atoms. The first-order valence-electron chi connectivity index (χ1n) is 8.82. The summed E-state index contributed by atoms with van der Waals surface area (Å²) in [6.07, 6.45) is 3.59. The lowest BCUT2D eigenvalue weighted by Crippen LogP contribution is -2.34. The third-order valence-corrected chi connectivity index (χ3v) is 4.61. The zero-order valence-corrected chi connectivity index (χ0v) is 16.4. The molecule has 0 spiro atoms. The topological polar surface area (TPSA) is 96.0 Å². The molecule has 3 rings (SSSR count). The molecule has 2 heterocycles. The number of carbonyl (C=O) groups is 2. The molecule has 0 aliphatic heterocycles. The second-order valence-corrected chi connectivity index (χ2v) is 7.27. The largest absolute Gasteiger partial charge is 0.336 e. The predicted octanol–water partition coefficient (Wildman–Crippen LogP) is 3.92. The summed E-state index contributed by atoms with van der Waals surface area (Å²) in [5.74, 6) is -0.207. The van der Waals surface area contributed by atoms with Crippen LogP contribution in [0.3, 0.4) is 0 Å². The van der Waals surface area contributed by atoms with Gasteiger partial charge in [-0.25, -0.2) is 9.78 Å². The Bertz CT molecular complexity index is 956. The molecule has 28 heavy (non-hydrogen) atoms. The van der Waals surface area contributed by atoms with E-state index in [0.29, 0.717) is 17.1 Å². The maximum Gasteiger partial charge on any atom is 0.319 e. The van der Waals surface area contributed by atoms with E-state index in [1.165, 1.54) is 11.3 Å². The summed E-state index contributed by atoms with van der Waals surface area (Å²) in [7, 11) is 0. The van der Waals surface area contributed by atoms with Crippen LogP contribution in [0.25, 0.3) is 10.6 Å². The number of hydrogen-bond acceptors (Lipinski definition) is 5. The number of carbonyl (C=O) groups excluding carboxylic acids is 2. The third-order valence-electron chi connectivity index (χ3n) is 3.67. The Morgan fingerprint density at radius 2 is 1.82 bits per heavy atom. The van der Waals surface area contributed by atoms with Crippen molar-refractivity contribution in [3.8, 4) is 10.6 Å². The van der Waals surface area contributed by atoms with Crippen LogP contribution in [0.5, 0.6) is 0 Å². The van der Waals surface area contributed by atoms with Crippen molar-refractivity contribution in [1.82, 2.24) is 15.3 Å². The number of rotatable bonds is 6. The van der Waals surface area contributed by atoms with Crippen LogP contribution in [0.1, 0.15) is 19.5 Å². The SMILES string of the molecule is CC(C)NC(=O)Nc1ccccc1NC(=O)Cc1csc(-c2cccnc2)n1. The number of urea groups is 1. The number of aromatic nitrogens is 2. The van der Waals surface area contributed by atoms with E-state index in [4.69, 9.17) is 0 Å². The number of pyridine rings is 1. The van der Waals surface area contributed by atoms with Gasteiger partial charge in [-0.2, -0.15) is 0 Å². The zero-order chi connectivity index (χ0) is 19.9. The lowest BCUT2D eigenvalue weighted by molar-refractivity contribution is -0.115. The van der Waals surface area contributed by atoms with Gasteiger partial charge in [-0.1, -0.05) is 12.1 Å². The van der Waals surface area contributed by atoms with Crippen LogP contribution in [-0.4, -0.2) is 27.9 Å². The van der Waals surface area contributed by atoms with E-state index in [-0.39, 0.29) is 24.4 Å². The van der Waals surface area contributed by atoms with Crippen LogP contribution in [-0.2, 0) is 11.2 Å². The summed E-state index contributed by atoms with van der Waals surface area (Å²) in [6.45, 7) is 3.75. The number of nitrogens with one attached hydrogen (secondary N) is 3. The first kappa shape index (κ1) is 19.5. The number of anilines is 2. The van der Waals surface area contributed by atoms with Crippen LogP contribution in [0.4, 0.5) is 16.2 Å². The van der Waals surface area contributed by atoms with Crippen molar-refractivity contribution in [1.29, 1.82) is 0 Å². The van der Waals surface area contributed by atoms with Crippen LogP contribution in [0.2, 0.25) is 0 Å². The Kier molecular flexibility index (Phi) is 6.33. The second kappa shape index (κ2) is 9.09. The number of thiazole rings is 1. The molecule has 144 valence electrons. The molecule has 2 aromatic heterocycles. The first-order valence-corrected chi connectivity index (χ1v) is 9.70. The molecule has 0 aliphatic carbocycles. The monoisotopic (exact) mass is 395 g/mol. The van der Waals surface area contributed by atoms with Gasteiger partial charge in [-0.05, 0) is 38.1 Å². The molecule has 0 aliphatic rings. The van der Waals surface area contributed by atoms with Crippen LogP contribution >= 0.6 is 11.3 Å². The molecule has 0 fully saturated rings. The molecule has 3 aromatic rings. The molecule has 0 saturated carbocycles. The zero-order valence-electron chi connectivity index (χ0n) is 15.6. The van der Waals surface area contributed by atoms with E-state index in [2.05, 4.69) is 25.9 Å². The van der Waals surface area contributed by atoms with Gasteiger partial charge in [0.25, 0.3) is 0 Å². The van der Waals surface area contributed by atoms with Gasteiger partial charge in [0.1, 0.15) is 5.01 Å². The summed E-state index contributed by atoms with van der Waals surface area (Å²) in [5, 5.41) is 11.0. The van der Waals surface area contributed by atoms with Crippen LogP contribution < -0.4 is 16.0 Å². The van der Waals surface area contributed by atoms with Crippen molar-refractivity contribution in [2.75, 3.05) is 10.6 Å². The summed E-state index contributed by atoms with van der Waals surface area (Å²) in [5.41, 5.74) is 2.67. The van der Waals surface area contributed by atoms with E-state index >= 15 is 0 Å². The molecule has 0 unspecified atom stereocenters.